The van der Waals surface area contributed by atoms with Crippen LogP contribution in [-0.4, -0.2) is 35.5 Å². The molecule has 0 radical (unpaired) electrons. The highest BCUT2D eigenvalue weighted by Gasteiger charge is 2.34. The molecule has 4 nitrogen and oxygen atoms in total. The number of carbonyl (C=O) groups excluding carboxylic acids is 2. The van der Waals surface area contributed by atoms with E-state index in [9.17, 15) is 9.59 Å². The van der Waals surface area contributed by atoms with E-state index >= 15 is 0 Å². The third-order valence-electron chi connectivity index (χ3n) is 2.45. The predicted octanol–water partition coefficient (Wildman–Crippen LogP) is 2.39. The molecule has 0 N–H and O–H groups in total. The second-order valence-corrected chi connectivity index (χ2v) is 5.42. The van der Waals surface area contributed by atoms with Crippen LogP contribution < -0.4 is 0 Å². The summed E-state index contributed by atoms with van der Waals surface area (Å²) >= 11 is 0. The quantitative estimate of drug-likeness (QED) is 0.710. The zero-order valence-corrected chi connectivity index (χ0v) is 11.0. The molecule has 0 aromatic heterocycles. The molecular formula is C13H21NO3. The van der Waals surface area contributed by atoms with Crippen LogP contribution in [0.2, 0.25) is 0 Å². The normalized spacial score (nSPS) is 17.1. The molecule has 1 saturated heterocycles. The number of ether oxygens (including phenoxy) is 1. The Morgan fingerprint density at radius 1 is 1.35 bits per heavy atom. The van der Waals surface area contributed by atoms with E-state index in [0.717, 1.165) is 0 Å². The van der Waals surface area contributed by atoms with Crippen molar-refractivity contribution in [3.63, 3.8) is 0 Å². The first-order valence-electron chi connectivity index (χ1n) is 5.95. The number of hydrogen-bond acceptors (Lipinski definition) is 3. The highest BCUT2D eigenvalue weighted by molar-refractivity contribution is 5.89. The van der Waals surface area contributed by atoms with Crippen molar-refractivity contribution in [2.75, 3.05) is 13.1 Å². The van der Waals surface area contributed by atoms with Crippen LogP contribution in [-0.2, 0) is 9.53 Å². The molecule has 1 aliphatic heterocycles. The largest absolute Gasteiger partial charge is 0.444 e. The van der Waals surface area contributed by atoms with Crippen molar-refractivity contribution in [1.29, 1.82) is 0 Å². The first-order valence-corrected chi connectivity index (χ1v) is 5.95. The fourth-order valence-electron chi connectivity index (χ4n) is 1.71. The van der Waals surface area contributed by atoms with Gasteiger partial charge in [0.1, 0.15) is 5.60 Å². The van der Waals surface area contributed by atoms with Gasteiger partial charge < -0.3 is 9.64 Å². The third kappa shape index (κ3) is 4.59. The van der Waals surface area contributed by atoms with Crippen LogP contribution in [0, 0.1) is 5.92 Å². The molecule has 0 spiro atoms. The monoisotopic (exact) mass is 239 g/mol. The molecule has 0 atom stereocenters. The standard InChI is InChI=1S/C13H21NO3/c1-5-6-11(15)7-10-8-14(9-10)12(16)17-13(2,3)4/h5-6,10H,7-9H2,1-4H3/b6-5+. The molecule has 0 unspecified atom stereocenters. The minimum atomic E-state index is -0.455. The Kier molecular flexibility index (Phi) is 4.32. The van der Waals surface area contributed by atoms with Gasteiger partial charge in [-0.1, -0.05) is 6.08 Å². The van der Waals surface area contributed by atoms with Crippen molar-refractivity contribution >= 4 is 11.9 Å². The number of likely N-dealkylation sites (tertiary alicyclic amines) is 1. The van der Waals surface area contributed by atoms with Crippen molar-refractivity contribution in [2.45, 2.75) is 39.7 Å². The van der Waals surface area contributed by atoms with Gasteiger partial charge in [0.25, 0.3) is 0 Å². The van der Waals surface area contributed by atoms with Crippen LogP contribution >= 0.6 is 0 Å². The molecule has 96 valence electrons. The van der Waals surface area contributed by atoms with Gasteiger partial charge in [0.15, 0.2) is 5.78 Å². The summed E-state index contributed by atoms with van der Waals surface area (Å²) in [5.74, 6) is 0.410. The molecule has 1 rings (SSSR count). The van der Waals surface area contributed by atoms with Gasteiger partial charge in [-0.2, -0.15) is 0 Å². The van der Waals surface area contributed by atoms with Crippen LogP contribution in [0.4, 0.5) is 4.79 Å². The SMILES string of the molecule is C/C=C/C(=O)CC1CN(C(=O)OC(C)(C)C)C1. The van der Waals surface area contributed by atoms with E-state index in [1.807, 2.05) is 27.7 Å². The van der Waals surface area contributed by atoms with Gasteiger partial charge in [0.2, 0.25) is 0 Å². The molecule has 1 heterocycles. The smallest absolute Gasteiger partial charge is 0.410 e. The third-order valence-corrected chi connectivity index (χ3v) is 2.45. The average Bonchev–Trinajstić information content (AvgIpc) is 2.07. The summed E-state index contributed by atoms with van der Waals surface area (Å²) in [5.41, 5.74) is -0.455. The number of carbonyl (C=O) groups is 2. The Balaban J connectivity index is 2.27. The summed E-state index contributed by atoms with van der Waals surface area (Å²) in [6.07, 6.45) is 3.55. The van der Waals surface area contributed by atoms with E-state index < -0.39 is 5.60 Å². The first-order chi connectivity index (χ1) is 7.81. The van der Waals surface area contributed by atoms with Gasteiger partial charge in [-0.05, 0) is 33.8 Å². The zero-order valence-electron chi connectivity index (χ0n) is 11.0. The molecule has 0 bridgehead atoms. The Labute approximate surface area is 103 Å². The lowest BCUT2D eigenvalue weighted by molar-refractivity contribution is -0.116. The molecule has 17 heavy (non-hydrogen) atoms. The summed E-state index contributed by atoms with van der Waals surface area (Å²) in [4.78, 5) is 24.6. The van der Waals surface area contributed by atoms with Crippen LogP contribution in [0.25, 0.3) is 0 Å². The molecule has 0 aromatic rings. The maximum atomic E-state index is 11.6. The fourth-order valence-corrected chi connectivity index (χ4v) is 1.71. The van der Waals surface area contributed by atoms with Crippen LogP contribution in [0.5, 0.6) is 0 Å². The highest BCUT2D eigenvalue weighted by Crippen LogP contribution is 2.22. The molecular weight excluding hydrogens is 218 g/mol. The molecule has 0 saturated carbocycles. The van der Waals surface area contributed by atoms with E-state index in [4.69, 9.17) is 4.74 Å². The summed E-state index contributed by atoms with van der Waals surface area (Å²) < 4.78 is 5.23. The second-order valence-electron chi connectivity index (χ2n) is 5.42. The van der Waals surface area contributed by atoms with Crippen molar-refractivity contribution in [2.24, 2.45) is 5.92 Å². The Morgan fingerprint density at radius 2 is 1.94 bits per heavy atom. The number of hydrogen-bond donors (Lipinski definition) is 0. The Morgan fingerprint density at radius 3 is 2.41 bits per heavy atom. The first kappa shape index (κ1) is 13.7. The summed E-state index contributed by atoms with van der Waals surface area (Å²) in [6, 6.07) is 0. The summed E-state index contributed by atoms with van der Waals surface area (Å²) in [5, 5.41) is 0. The van der Waals surface area contributed by atoms with Gasteiger partial charge in [-0.3, -0.25) is 4.79 Å². The van der Waals surface area contributed by atoms with Gasteiger partial charge >= 0.3 is 6.09 Å². The van der Waals surface area contributed by atoms with Gasteiger partial charge in [-0.25, -0.2) is 4.79 Å². The van der Waals surface area contributed by atoms with Crippen molar-refractivity contribution in [1.82, 2.24) is 4.90 Å². The van der Waals surface area contributed by atoms with Crippen LogP contribution in [0.1, 0.15) is 34.1 Å². The van der Waals surface area contributed by atoms with Crippen molar-refractivity contribution in [3.05, 3.63) is 12.2 Å². The fraction of sp³-hybridized carbons (Fsp3) is 0.692. The van der Waals surface area contributed by atoms with E-state index in [1.54, 1.807) is 17.1 Å². The maximum Gasteiger partial charge on any atom is 0.410 e. The lowest BCUT2D eigenvalue weighted by Gasteiger charge is -2.39. The number of allylic oxidation sites excluding steroid dienone is 2. The number of rotatable bonds is 3. The van der Waals surface area contributed by atoms with E-state index in [2.05, 4.69) is 0 Å². The van der Waals surface area contributed by atoms with E-state index in [1.165, 1.54) is 0 Å². The molecule has 1 amide bonds. The van der Waals surface area contributed by atoms with Gasteiger partial charge in [0.05, 0.1) is 0 Å². The number of amides is 1. The van der Waals surface area contributed by atoms with E-state index in [-0.39, 0.29) is 17.8 Å². The van der Waals surface area contributed by atoms with Crippen molar-refractivity contribution < 1.29 is 14.3 Å². The summed E-state index contributed by atoms with van der Waals surface area (Å²) in [7, 11) is 0. The summed E-state index contributed by atoms with van der Waals surface area (Å²) in [6.45, 7) is 8.61. The average molecular weight is 239 g/mol. The van der Waals surface area contributed by atoms with Crippen LogP contribution in [0.15, 0.2) is 12.2 Å². The number of nitrogens with zero attached hydrogens (tertiary/aromatic N) is 1. The topological polar surface area (TPSA) is 46.6 Å². The molecule has 1 aliphatic rings. The molecule has 4 heteroatoms. The van der Waals surface area contributed by atoms with E-state index in [0.29, 0.717) is 19.5 Å². The minimum Gasteiger partial charge on any atom is -0.444 e. The molecule has 1 fully saturated rings. The zero-order chi connectivity index (χ0) is 13.1. The Hall–Kier alpha value is -1.32. The van der Waals surface area contributed by atoms with Crippen molar-refractivity contribution in [3.8, 4) is 0 Å². The molecule has 0 aliphatic carbocycles. The maximum absolute atomic E-state index is 11.6. The van der Waals surface area contributed by atoms with Gasteiger partial charge in [0, 0.05) is 25.4 Å². The van der Waals surface area contributed by atoms with Crippen LogP contribution in [0.3, 0.4) is 0 Å². The highest BCUT2D eigenvalue weighted by atomic mass is 16.6. The van der Waals surface area contributed by atoms with Gasteiger partial charge in [-0.15, -0.1) is 0 Å². The number of ketones is 1. The minimum absolute atomic E-state index is 0.126. The lowest BCUT2D eigenvalue weighted by Crippen LogP contribution is -2.52. The Bertz CT molecular complexity index is 322. The second kappa shape index (κ2) is 5.34. The molecule has 0 aromatic carbocycles. The predicted molar refractivity (Wildman–Crippen MR) is 65.7 cm³/mol. The lowest BCUT2D eigenvalue weighted by atomic mass is 9.94.